The Labute approximate surface area is 163 Å². The van der Waals surface area contributed by atoms with E-state index in [4.69, 9.17) is 17.3 Å². The summed E-state index contributed by atoms with van der Waals surface area (Å²) in [5.74, 6) is 0.0714. The van der Waals surface area contributed by atoms with E-state index in [0.717, 1.165) is 47.1 Å². The summed E-state index contributed by atoms with van der Waals surface area (Å²) in [6, 6.07) is 7.74. The lowest BCUT2D eigenvalue weighted by Gasteiger charge is -2.29. The number of piperidine rings is 1. The normalized spacial score (nSPS) is 14.7. The van der Waals surface area contributed by atoms with E-state index in [1.165, 1.54) is 11.3 Å². The third-order valence-corrected chi connectivity index (χ3v) is 5.36. The number of aromatic nitrogens is 1. The molecule has 1 aromatic carbocycles. The number of rotatable bonds is 2. The van der Waals surface area contributed by atoms with Crippen molar-refractivity contribution < 1.29 is 4.79 Å². The minimum absolute atomic E-state index is 0. The van der Waals surface area contributed by atoms with E-state index >= 15 is 0 Å². The quantitative estimate of drug-likeness (QED) is 0.811. The summed E-state index contributed by atoms with van der Waals surface area (Å²) >= 11 is 7.36. The number of halogens is 3. The predicted molar refractivity (Wildman–Crippen MR) is 105 cm³/mol. The first-order valence-corrected chi connectivity index (χ1v) is 8.52. The van der Waals surface area contributed by atoms with Crippen molar-refractivity contribution in [3.8, 4) is 10.6 Å². The first kappa shape index (κ1) is 21.2. The molecule has 1 aliphatic heterocycles. The van der Waals surface area contributed by atoms with Gasteiger partial charge in [0, 0.05) is 29.7 Å². The molecule has 1 fully saturated rings. The lowest BCUT2D eigenvalue weighted by atomic mass is 10.1. The molecule has 0 unspecified atom stereocenters. The van der Waals surface area contributed by atoms with Gasteiger partial charge in [0.25, 0.3) is 5.91 Å². The average Bonchev–Trinajstić information content (AvgIpc) is 2.90. The summed E-state index contributed by atoms with van der Waals surface area (Å²) in [6.45, 7) is 3.35. The Balaban J connectivity index is 0.00000144. The molecule has 8 heteroatoms. The SMILES string of the molecule is Cc1nc(-c2ccc(Cl)cc2)sc1C(=O)N1CCC(N)CC1.Cl.Cl. The minimum atomic E-state index is 0. The van der Waals surface area contributed by atoms with Gasteiger partial charge in [-0.05, 0) is 31.9 Å². The third kappa shape index (κ3) is 4.61. The molecule has 0 atom stereocenters. The van der Waals surface area contributed by atoms with Crippen molar-refractivity contribution in [2.45, 2.75) is 25.8 Å². The highest BCUT2D eigenvalue weighted by Crippen LogP contribution is 2.30. The molecule has 2 aromatic rings. The smallest absolute Gasteiger partial charge is 0.265 e. The number of carbonyl (C=O) groups is 1. The molecule has 1 saturated heterocycles. The summed E-state index contributed by atoms with van der Waals surface area (Å²) in [5.41, 5.74) is 7.67. The van der Waals surface area contributed by atoms with Crippen LogP contribution in [0.15, 0.2) is 24.3 Å². The molecule has 1 aliphatic rings. The summed E-state index contributed by atoms with van der Waals surface area (Å²) in [4.78, 5) is 19.8. The van der Waals surface area contributed by atoms with E-state index in [-0.39, 0.29) is 36.8 Å². The largest absolute Gasteiger partial charge is 0.338 e. The standard InChI is InChI=1S/C16H18ClN3OS.2ClH/c1-10-14(16(21)20-8-6-13(18)7-9-20)22-15(19-10)11-2-4-12(17)5-3-11;;/h2-5,13H,6-9,18H2,1H3;2*1H. The van der Waals surface area contributed by atoms with Crippen LogP contribution in [0, 0.1) is 6.92 Å². The fraction of sp³-hybridized carbons (Fsp3) is 0.375. The Hall–Kier alpha value is -0.850. The molecule has 3 rings (SSSR count). The fourth-order valence-electron chi connectivity index (χ4n) is 2.56. The molecule has 1 amide bonds. The van der Waals surface area contributed by atoms with Crippen LogP contribution in [-0.4, -0.2) is 34.9 Å². The summed E-state index contributed by atoms with van der Waals surface area (Å²) < 4.78 is 0. The first-order valence-electron chi connectivity index (χ1n) is 7.33. The van der Waals surface area contributed by atoms with Gasteiger partial charge in [-0.15, -0.1) is 36.2 Å². The molecule has 4 nitrogen and oxygen atoms in total. The number of amides is 1. The van der Waals surface area contributed by atoms with Crippen LogP contribution in [0.3, 0.4) is 0 Å². The van der Waals surface area contributed by atoms with Gasteiger partial charge in [0.15, 0.2) is 0 Å². The zero-order valence-corrected chi connectivity index (χ0v) is 16.4. The molecule has 24 heavy (non-hydrogen) atoms. The zero-order valence-electron chi connectivity index (χ0n) is 13.2. The van der Waals surface area contributed by atoms with Gasteiger partial charge in [0.1, 0.15) is 9.88 Å². The number of nitrogens with zero attached hydrogens (tertiary/aromatic N) is 2. The Kier molecular flexibility index (Phi) is 7.96. The van der Waals surface area contributed by atoms with Gasteiger partial charge in [-0.3, -0.25) is 4.79 Å². The second-order valence-electron chi connectivity index (χ2n) is 5.57. The second-order valence-corrected chi connectivity index (χ2v) is 7.01. The molecule has 0 spiro atoms. The Morgan fingerprint density at radius 1 is 1.25 bits per heavy atom. The number of aryl methyl sites for hydroxylation is 1. The molecule has 0 radical (unpaired) electrons. The van der Waals surface area contributed by atoms with Gasteiger partial charge in [0.2, 0.25) is 0 Å². The van der Waals surface area contributed by atoms with Gasteiger partial charge in [0.05, 0.1) is 5.69 Å². The van der Waals surface area contributed by atoms with Crippen molar-refractivity contribution in [1.29, 1.82) is 0 Å². The van der Waals surface area contributed by atoms with E-state index in [9.17, 15) is 4.79 Å². The number of thiazole rings is 1. The predicted octanol–water partition coefficient (Wildman–Crippen LogP) is 4.18. The fourth-order valence-corrected chi connectivity index (χ4v) is 3.72. The summed E-state index contributed by atoms with van der Waals surface area (Å²) in [7, 11) is 0. The van der Waals surface area contributed by atoms with Gasteiger partial charge >= 0.3 is 0 Å². The van der Waals surface area contributed by atoms with Crippen LogP contribution in [0.25, 0.3) is 10.6 Å². The van der Waals surface area contributed by atoms with Crippen LogP contribution in [-0.2, 0) is 0 Å². The number of hydrogen-bond acceptors (Lipinski definition) is 4. The monoisotopic (exact) mass is 407 g/mol. The molecular formula is C16H20Cl3N3OS. The van der Waals surface area contributed by atoms with Crippen LogP contribution in [0.5, 0.6) is 0 Å². The maximum atomic E-state index is 12.7. The Morgan fingerprint density at radius 2 is 1.83 bits per heavy atom. The van der Waals surface area contributed by atoms with Crippen LogP contribution < -0.4 is 5.73 Å². The van der Waals surface area contributed by atoms with Crippen molar-refractivity contribution in [3.05, 3.63) is 39.9 Å². The van der Waals surface area contributed by atoms with E-state index in [1.54, 1.807) is 0 Å². The van der Waals surface area contributed by atoms with Crippen LogP contribution >= 0.6 is 47.8 Å². The molecule has 132 valence electrons. The van der Waals surface area contributed by atoms with Crippen molar-refractivity contribution in [2.24, 2.45) is 5.73 Å². The Morgan fingerprint density at radius 3 is 2.42 bits per heavy atom. The highest BCUT2D eigenvalue weighted by Gasteiger charge is 2.25. The van der Waals surface area contributed by atoms with Crippen LogP contribution in [0.4, 0.5) is 0 Å². The average molecular weight is 409 g/mol. The van der Waals surface area contributed by atoms with Crippen molar-refractivity contribution >= 4 is 53.7 Å². The molecule has 2 heterocycles. The molecular weight excluding hydrogens is 389 g/mol. The number of hydrogen-bond donors (Lipinski definition) is 1. The first-order chi connectivity index (χ1) is 10.5. The molecule has 0 bridgehead atoms. The minimum Gasteiger partial charge on any atom is -0.338 e. The number of carbonyl (C=O) groups excluding carboxylic acids is 1. The molecule has 0 saturated carbocycles. The van der Waals surface area contributed by atoms with E-state index in [1.807, 2.05) is 36.1 Å². The third-order valence-electron chi connectivity index (χ3n) is 3.91. The topological polar surface area (TPSA) is 59.2 Å². The van der Waals surface area contributed by atoms with E-state index in [2.05, 4.69) is 4.98 Å². The summed E-state index contributed by atoms with van der Waals surface area (Å²) in [5, 5.41) is 1.55. The molecule has 1 aromatic heterocycles. The molecule has 2 N–H and O–H groups in total. The lowest BCUT2D eigenvalue weighted by Crippen LogP contribution is -2.42. The highest BCUT2D eigenvalue weighted by molar-refractivity contribution is 7.17. The van der Waals surface area contributed by atoms with Gasteiger partial charge in [-0.2, -0.15) is 0 Å². The second kappa shape index (κ2) is 9.02. The van der Waals surface area contributed by atoms with Crippen LogP contribution in [0.2, 0.25) is 5.02 Å². The van der Waals surface area contributed by atoms with Crippen molar-refractivity contribution in [1.82, 2.24) is 9.88 Å². The Bertz CT molecular complexity index is 682. The highest BCUT2D eigenvalue weighted by atomic mass is 35.5. The van der Waals surface area contributed by atoms with E-state index < -0.39 is 0 Å². The van der Waals surface area contributed by atoms with E-state index in [0.29, 0.717) is 5.02 Å². The van der Waals surface area contributed by atoms with Crippen molar-refractivity contribution in [3.63, 3.8) is 0 Å². The van der Waals surface area contributed by atoms with Crippen molar-refractivity contribution in [2.75, 3.05) is 13.1 Å². The van der Waals surface area contributed by atoms with Gasteiger partial charge in [-0.25, -0.2) is 4.98 Å². The molecule has 0 aliphatic carbocycles. The number of nitrogens with two attached hydrogens (primary N) is 1. The maximum absolute atomic E-state index is 12.7. The lowest BCUT2D eigenvalue weighted by molar-refractivity contribution is 0.0718. The zero-order chi connectivity index (χ0) is 15.7. The number of likely N-dealkylation sites (tertiary alicyclic amines) is 1. The maximum Gasteiger partial charge on any atom is 0.265 e. The van der Waals surface area contributed by atoms with Gasteiger partial charge < -0.3 is 10.6 Å². The van der Waals surface area contributed by atoms with Gasteiger partial charge in [-0.1, -0.05) is 23.7 Å². The van der Waals surface area contributed by atoms with Crippen LogP contribution in [0.1, 0.15) is 28.2 Å². The summed E-state index contributed by atoms with van der Waals surface area (Å²) in [6.07, 6.45) is 1.74. The number of benzene rings is 1.